The second-order valence-corrected chi connectivity index (χ2v) is 7.38. The van der Waals surface area contributed by atoms with Crippen LogP contribution in [-0.4, -0.2) is 34.3 Å². The van der Waals surface area contributed by atoms with E-state index in [0.29, 0.717) is 0 Å². The van der Waals surface area contributed by atoms with E-state index < -0.39 is 32.7 Å². The van der Waals surface area contributed by atoms with Gasteiger partial charge >= 0.3 is 5.97 Å². The summed E-state index contributed by atoms with van der Waals surface area (Å²) in [5.41, 5.74) is -1.19. The minimum atomic E-state index is -1.20. The number of rotatable bonds is 6. The number of benzene rings is 1. The number of carbonyl (C=O) groups is 2. The van der Waals surface area contributed by atoms with Gasteiger partial charge in [-0.05, 0) is 19.9 Å². The van der Waals surface area contributed by atoms with Crippen LogP contribution >= 0.6 is 23.2 Å². The first-order valence-corrected chi connectivity index (χ1v) is 7.99. The minimum absolute atomic E-state index is 0.0891. The molecule has 1 aliphatic rings. The zero-order valence-electron chi connectivity index (χ0n) is 13.7. The van der Waals surface area contributed by atoms with E-state index >= 15 is 0 Å². The van der Waals surface area contributed by atoms with E-state index in [1.807, 2.05) is 0 Å². The molecule has 1 aromatic rings. The lowest BCUT2D eigenvalue weighted by Crippen LogP contribution is -2.33. The highest BCUT2D eigenvalue weighted by molar-refractivity contribution is 6.53. The first-order valence-electron chi connectivity index (χ1n) is 7.24. The molecule has 0 aliphatic heterocycles. The maximum atomic E-state index is 12.2. The summed E-state index contributed by atoms with van der Waals surface area (Å²) in [4.78, 5) is 34.6. The summed E-state index contributed by atoms with van der Waals surface area (Å²) >= 11 is 11.8. The lowest BCUT2D eigenvalue weighted by atomic mass is 10.1. The Hall–Kier alpha value is -2.06. The van der Waals surface area contributed by atoms with Gasteiger partial charge in [0.2, 0.25) is 0 Å². The molecule has 2 rings (SSSR count). The summed E-state index contributed by atoms with van der Waals surface area (Å²) in [6, 6.07) is 3.74. The van der Waals surface area contributed by atoms with Crippen LogP contribution in [0.25, 0.3) is 0 Å². The zero-order chi connectivity index (χ0) is 19.0. The number of methoxy groups -OCH3 is 1. The number of hydrogen-bond donors (Lipinski definition) is 1. The molecule has 0 radical (unpaired) electrons. The summed E-state index contributed by atoms with van der Waals surface area (Å²) in [5, 5.41) is 13.3. The second kappa shape index (κ2) is 6.68. The van der Waals surface area contributed by atoms with Crippen molar-refractivity contribution in [1.82, 2.24) is 0 Å². The van der Waals surface area contributed by atoms with Crippen LogP contribution in [0.5, 0.6) is 5.75 Å². The van der Waals surface area contributed by atoms with E-state index in [1.165, 1.54) is 26.2 Å². The van der Waals surface area contributed by atoms with Gasteiger partial charge in [-0.3, -0.25) is 19.7 Å². The summed E-state index contributed by atoms with van der Waals surface area (Å²) in [6.07, 6.45) is -0.923. The highest BCUT2D eigenvalue weighted by Gasteiger charge is 2.69. The Bertz CT molecular complexity index is 739. The van der Waals surface area contributed by atoms with Gasteiger partial charge in [-0.15, -0.1) is 23.2 Å². The Morgan fingerprint density at radius 1 is 1.40 bits per heavy atom. The predicted molar refractivity (Wildman–Crippen MR) is 91.0 cm³/mol. The van der Waals surface area contributed by atoms with Crippen molar-refractivity contribution in [3.63, 3.8) is 0 Å². The second-order valence-electron chi connectivity index (χ2n) is 5.89. The summed E-state index contributed by atoms with van der Waals surface area (Å²) in [6.45, 7) is 2.91. The number of nitro groups is 1. The van der Waals surface area contributed by atoms with Gasteiger partial charge in [0.05, 0.1) is 17.7 Å². The first-order chi connectivity index (χ1) is 11.5. The van der Waals surface area contributed by atoms with Gasteiger partial charge in [0.15, 0.2) is 6.10 Å². The minimum Gasteiger partial charge on any atom is -0.495 e. The molecule has 0 spiro atoms. The number of anilines is 1. The van der Waals surface area contributed by atoms with E-state index in [2.05, 4.69) is 5.32 Å². The third-order valence-corrected chi connectivity index (χ3v) is 5.11. The molecule has 0 unspecified atom stereocenters. The van der Waals surface area contributed by atoms with Crippen molar-refractivity contribution < 1.29 is 24.0 Å². The number of carbonyl (C=O) groups excluding carboxylic acids is 2. The van der Waals surface area contributed by atoms with Gasteiger partial charge in [-0.2, -0.15) is 0 Å². The summed E-state index contributed by atoms with van der Waals surface area (Å²) in [7, 11) is 1.36. The molecule has 1 amide bonds. The van der Waals surface area contributed by atoms with Crippen LogP contribution in [-0.2, 0) is 14.3 Å². The monoisotopic (exact) mass is 390 g/mol. The smallest absolute Gasteiger partial charge is 0.315 e. The number of esters is 1. The molecule has 1 aromatic carbocycles. The molecule has 1 fully saturated rings. The zero-order valence-corrected chi connectivity index (χ0v) is 15.2. The molecular formula is C15H16Cl2N2O6. The van der Waals surface area contributed by atoms with Crippen LogP contribution in [0.4, 0.5) is 11.4 Å². The van der Waals surface area contributed by atoms with Crippen molar-refractivity contribution >= 4 is 46.5 Å². The van der Waals surface area contributed by atoms with Gasteiger partial charge in [0, 0.05) is 18.6 Å². The van der Waals surface area contributed by atoms with Gasteiger partial charge in [-0.1, -0.05) is 0 Å². The van der Waals surface area contributed by atoms with Crippen molar-refractivity contribution in [2.45, 2.75) is 30.7 Å². The van der Waals surface area contributed by atoms with Crippen LogP contribution in [0, 0.1) is 15.5 Å². The Kier molecular flexibility index (Phi) is 5.15. The van der Waals surface area contributed by atoms with Crippen molar-refractivity contribution in [2.75, 3.05) is 12.4 Å². The van der Waals surface area contributed by atoms with E-state index in [1.54, 1.807) is 6.92 Å². The van der Waals surface area contributed by atoms with Crippen molar-refractivity contribution in [3.8, 4) is 5.75 Å². The molecule has 8 nitrogen and oxygen atoms in total. The number of amides is 1. The standard InChI is InChI=1S/C15H16Cl2N2O6/c1-8(25-13(21)14(2)7-15(14,16)17)12(20)18-10-6-9(19(22)23)4-5-11(10)24-3/h4-6,8H,7H2,1-3H3,(H,18,20)/t8-,14-/m1/s1. The van der Waals surface area contributed by atoms with E-state index in [-0.39, 0.29) is 23.5 Å². The Morgan fingerprint density at radius 2 is 2.00 bits per heavy atom. The first kappa shape index (κ1) is 19.3. The van der Waals surface area contributed by atoms with Gasteiger partial charge in [0.1, 0.15) is 15.5 Å². The predicted octanol–water partition coefficient (Wildman–Crippen LogP) is 3.06. The van der Waals surface area contributed by atoms with E-state index in [0.717, 1.165) is 6.07 Å². The molecule has 0 saturated heterocycles. The Balaban J connectivity index is 2.07. The number of nitrogens with one attached hydrogen (secondary N) is 1. The summed E-state index contributed by atoms with van der Waals surface area (Å²) < 4.78 is 8.95. The molecular weight excluding hydrogens is 375 g/mol. The maximum absolute atomic E-state index is 12.2. The van der Waals surface area contributed by atoms with Crippen molar-refractivity contribution in [3.05, 3.63) is 28.3 Å². The average molecular weight is 391 g/mol. The number of hydrogen-bond acceptors (Lipinski definition) is 6. The normalized spacial score (nSPS) is 21.8. The van der Waals surface area contributed by atoms with Crippen LogP contribution in [0.3, 0.4) is 0 Å². The quantitative estimate of drug-likeness (QED) is 0.346. The number of nitro benzene ring substituents is 1. The fourth-order valence-electron chi connectivity index (χ4n) is 2.11. The lowest BCUT2D eigenvalue weighted by molar-refractivity contribution is -0.384. The largest absolute Gasteiger partial charge is 0.495 e. The van der Waals surface area contributed by atoms with Crippen LogP contribution in [0.2, 0.25) is 0 Å². The fraction of sp³-hybridized carbons (Fsp3) is 0.467. The van der Waals surface area contributed by atoms with Crippen LogP contribution < -0.4 is 10.1 Å². The van der Waals surface area contributed by atoms with Gasteiger partial charge in [-0.25, -0.2) is 0 Å². The van der Waals surface area contributed by atoms with Crippen molar-refractivity contribution in [2.24, 2.45) is 5.41 Å². The molecule has 1 aliphatic carbocycles. The molecule has 2 atom stereocenters. The fourth-order valence-corrected chi connectivity index (χ4v) is 2.80. The maximum Gasteiger partial charge on any atom is 0.315 e. The molecule has 0 heterocycles. The highest BCUT2D eigenvalue weighted by Crippen LogP contribution is 2.64. The molecule has 0 aromatic heterocycles. The third kappa shape index (κ3) is 3.80. The van der Waals surface area contributed by atoms with E-state index in [4.69, 9.17) is 32.7 Å². The van der Waals surface area contributed by atoms with Crippen LogP contribution in [0.1, 0.15) is 20.3 Å². The highest BCUT2D eigenvalue weighted by atomic mass is 35.5. The number of ether oxygens (including phenoxy) is 2. The van der Waals surface area contributed by atoms with E-state index in [9.17, 15) is 19.7 Å². The SMILES string of the molecule is COc1ccc([N+](=O)[O-])cc1NC(=O)[C@@H](C)OC(=O)[C@@]1(C)CC1(Cl)Cl. The average Bonchev–Trinajstić information content (AvgIpc) is 3.06. The molecule has 10 heteroatoms. The third-order valence-electron chi connectivity index (χ3n) is 4.01. The molecule has 1 N–H and O–H groups in total. The lowest BCUT2D eigenvalue weighted by Gasteiger charge is -2.18. The van der Waals surface area contributed by atoms with Gasteiger partial charge in [0.25, 0.3) is 11.6 Å². The van der Waals surface area contributed by atoms with Gasteiger partial charge < -0.3 is 14.8 Å². The number of nitrogens with zero attached hydrogens (tertiary/aromatic N) is 1. The van der Waals surface area contributed by atoms with Crippen LogP contribution in [0.15, 0.2) is 18.2 Å². The molecule has 0 bridgehead atoms. The number of non-ortho nitro benzene ring substituents is 1. The summed E-state index contributed by atoms with van der Waals surface area (Å²) in [5.74, 6) is -1.13. The number of halogens is 2. The van der Waals surface area contributed by atoms with Crippen molar-refractivity contribution in [1.29, 1.82) is 0 Å². The number of alkyl halides is 2. The Morgan fingerprint density at radius 3 is 2.48 bits per heavy atom. The Labute approximate surface area is 153 Å². The molecule has 25 heavy (non-hydrogen) atoms. The topological polar surface area (TPSA) is 108 Å². The molecule has 136 valence electrons. The molecule has 1 saturated carbocycles.